The number of rotatable bonds is 2. The number of phenols is 1. The van der Waals surface area contributed by atoms with Gasteiger partial charge in [0.05, 0.1) is 16.3 Å². The van der Waals surface area contributed by atoms with E-state index in [2.05, 4.69) is 10.6 Å². The van der Waals surface area contributed by atoms with Gasteiger partial charge in [-0.15, -0.1) is 0 Å². The van der Waals surface area contributed by atoms with E-state index in [1.54, 1.807) is 19.1 Å². The molecule has 0 radical (unpaired) electrons. The number of benzene rings is 2. The van der Waals surface area contributed by atoms with Gasteiger partial charge in [-0.05, 0) is 61.5 Å². The van der Waals surface area contributed by atoms with E-state index in [1.165, 1.54) is 12.1 Å². The van der Waals surface area contributed by atoms with Gasteiger partial charge in [0.15, 0.2) is 5.11 Å². The zero-order valence-corrected chi connectivity index (χ0v) is 14.7. The Labute approximate surface area is 149 Å². The van der Waals surface area contributed by atoms with E-state index in [-0.39, 0.29) is 21.4 Å². The number of hydrogen-bond donors (Lipinski definition) is 3. The molecule has 0 bridgehead atoms. The highest BCUT2D eigenvalue weighted by atomic mass is 35.5. The summed E-state index contributed by atoms with van der Waals surface area (Å²) in [6.45, 7) is 3.68. The van der Waals surface area contributed by atoms with Crippen LogP contribution in [0.25, 0.3) is 0 Å². The molecule has 1 amide bonds. The number of phenolic OH excluding ortho intramolecular Hbond substituents is 1. The maximum atomic E-state index is 12.2. The second-order valence-electron chi connectivity index (χ2n) is 5.01. The molecule has 0 fully saturated rings. The third-order valence-electron chi connectivity index (χ3n) is 3.10. The molecule has 2 aromatic carbocycles. The average Bonchev–Trinajstić information content (AvgIpc) is 2.43. The van der Waals surface area contributed by atoms with Gasteiger partial charge in [-0.1, -0.05) is 29.3 Å². The summed E-state index contributed by atoms with van der Waals surface area (Å²) < 4.78 is 0. The van der Waals surface area contributed by atoms with Crippen molar-refractivity contribution in [1.82, 2.24) is 5.32 Å². The first-order valence-electron chi connectivity index (χ1n) is 6.65. The Bertz CT molecular complexity index is 794. The molecule has 0 spiro atoms. The molecule has 23 heavy (non-hydrogen) atoms. The second kappa shape index (κ2) is 7.17. The summed E-state index contributed by atoms with van der Waals surface area (Å²) >= 11 is 16.9. The number of anilines is 1. The highest BCUT2D eigenvalue weighted by Crippen LogP contribution is 2.28. The molecule has 0 aliphatic rings. The van der Waals surface area contributed by atoms with Crippen LogP contribution < -0.4 is 10.6 Å². The lowest BCUT2D eigenvalue weighted by Gasteiger charge is -2.13. The minimum absolute atomic E-state index is 0.0568. The van der Waals surface area contributed by atoms with Crippen LogP contribution in [-0.4, -0.2) is 16.1 Å². The number of carbonyl (C=O) groups is 1. The molecule has 0 atom stereocenters. The fourth-order valence-electron chi connectivity index (χ4n) is 2.05. The van der Waals surface area contributed by atoms with Gasteiger partial charge in [0.2, 0.25) is 0 Å². The van der Waals surface area contributed by atoms with Crippen molar-refractivity contribution in [1.29, 1.82) is 0 Å². The van der Waals surface area contributed by atoms with Crippen molar-refractivity contribution in [2.75, 3.05) is 5.32 Å². The van der Waals surface area contributed by atoms with Gasteiger partial charge in [-0.3, -0.25) is 10.1 Å². The van der Waals surface area contributed by atoms with Crippen LogP contribution in [0.1, 0.15) is 21.5 Å². The van der Waals surface area contributed by atoms with E-state index in [1.807, 2.05) is 13.0 Å². The maximum Gasteiger partial charge on any atom is 0.258 e. The largest absolute Gasteiger partial charge is 0.505 e. The molecule has 0 aliphatic carbocycles. The fourth-order valence-corrected chi connectivity index (χ4v) is 2.75. The normalized spacial score (nSPS) is 10.3. The third-order valence-corrected chi connectivity index (χ3v) is 3.85. The van der Waals surface area contributed by atoms with Crippen LogP contribution >= 0.6 is 35.4 Å². The van der Waals surface area contributed by atoms with Gasteiger partial charge in [0.1, 0.15) is 5.75 Å². The summed E-state index contributed by atoms with van der Waals surface area (Å²) in [5.74, 6) is -0.384. The van der Waals surface area contributed by atoms with Crippen LogP contribution in [0.4, 0.5) is 5.69 Å². The second-order valence-corrected chi connectivity index (χ2v) is 6.26. The first-order valence-corrected chi connectivity index (χ1v) is 7.82. The topological polar surface area (TPSA) is 61.4 Å². The lowest BCUT2D eigenvalue weighted by Crippen LogP contribution is -2.34. The summed E-state index contributed by atoms with van der Waals surface area (Å²) in [5.41, 5.74) is 2.35. The van der Waals surface area contributed by atoms with Gasteiger partial charge >= 0.3 is 0 Å². The molecule has 120 valence electrons. The Morgan fingerprint density at radius 2 is 1.87 bits per heavy atom. The number of thiocarbonyl (C=S) groups is 1. The first-order chi connectivity index (χ1) is 10.8. The van der Waals surface area contributed by atoms with Crippen LogP contribution in [0.3, 0.4) is 0 Å². The molecule has 4 nitrogen and oxygen atoms in total. The van der Waals surface area contributed by atoms with Crippen molar-refractivity contribution >= 4 is 52.1 Å². The Kier molecular flexibility index (Phi) is 5.46. The predicted molar refractivity (Wildman–Crippen MR) is 97.7 cm³/mol. The fraction of sp³-hybridized carbons (Fsp3) is 0.125. The molecule has 0 unspecified atom stereocenters. The Balaban J connectivity index is 2.12. The summed E-state index contributed by atoms with van der Waals surface area (Å²) in [4.78, 5) is 12.2. The first kappa shape index (κ1) is 17.5. The molecular formula is C16H14Cl2N2O2S. The van der Waals surface area contributed by atoms with Crippen molar-refractivity contribution in [3.05, 3.63) is 57.1 Å². The maximum absolute atomic E-state index is 12.2. The number of aromatic hydroxyl groups is 1. The number of halogens is 2. The van der Waals surface area contributed by atoms with Crippen LogP contribution in [0.15, 0.2) is 30.3 Å². The van der Waals surface area contributed by atoms with E-state index in [4.69, 9.17) is 35.4 Å². The number of carbonyl (C=O) groups excluding carboxylic acids is 1. The Morgan fingerprint density at radius 1 is 1.17 bits per heavy atom. The number of nitrogens with one attached hydrogen (secondary N) is 2. The highest BCUT2D eigenvalue weighted by Gasteiger charge is 2.13. The molecule has 0 aliphatic heterocycles. The van der Waals surface area contributed by atoms with Crippen LogP contribution in [0.2, 0.25) is 10.0 Å². The minimum Gasteiger partial charge on any atom is -0.505 e. The summed E-state index contributed by atoms with van der Waals surface area (Å²) in [7, 11) is 0. The summed E-state index contributed by atoms with van der Waals surface area (Å²) in [6, 6.07) is 8.13. The van der Waals surface area contributed by atoms with Crippen molar-refractivity contribution in [3.8, 4) is 5.75 Å². The molecule has 2 aromatic rings. The number of amides is 1. The van der Waals surface area contributed by atoms with Gasteiger partial charge in [-0.25, -0.2) is 0 Å². The Hall–Kier alpha value is -1.82. The smallest absolute Gasteiger partial charge is 0.258 e. The van der Waals surface area contributed by atoms with E-state index in [9.17, 15) is 9.90 Å². The molecule has 0 heterocycles. The lowest BCUT2D eigenvalue weighted by atomic mass is 10.1. The van der Waals surface area contributed by atoms with Gasteiger partial charge in [0.25, 0.3) is 5.91 Å². The van der Waals surface area contributed by atoms with Gasteiger partial charge in [0, 0.05) is 5.02 Å². The van der Waals surface area contributed by atoms with Crippen LogP contribution in [0.5, 0.6) is 5.75 Å². The molecular weight excluding hydrogens is 355 g/mol. The van der Waals surface area contributed by atoms with Crippen molar-refractivity contribution in [3.63, 3.8) is 0 Å². The van der Waals surface area contributed by atoms with Gasteiger partial charge in [-0.2, -0.15) is 0 Å². The Morgan fingerprint density at radius 3 is 2.52 bits per heavy atom. The lowest BCUT2D eigenvalue weighted by molar-refractivity contribution is 0.0978. The van der Waals surface area contributed by atoms with Crippen molar-refractivity contribution in [2.45, 2.75) is 13.8 Å². The van der Waals surface area contributed by atoms with Crippen molar-refractivity contribution in [2.24, 2.45) is 0 Å². The summed E-state index contributed by atoms with van der Waals surface area (Å²) in [5, 5.41) is 16.1. The molecule has 0 saturated carbocycles. The molecule has 0 saturated heterocycles. The van der Waals surface area contributed by atoms with E-state index in [0.29, 0.717) is 16.3 Å². The van der Waals surface area contributed by atoms with E-state index >= 15 is 0 Å². The van der Waals surface area contributed by atoms with Crippen LogP contribution in [-0.2, 0) is 0 Å². The predicted octanol–water partition coefficient (Wildman–Crippen LogP) is 4.44. The zero-order valence-electron chi connectivity index (χ0n) is 12.4. The number of aryl methyl sites for hydroxylation is 2. The monoisotopic (exact) mass is 368 g/mol. The minimum atomic E-state index is -0.465. The molecule has 3 N–H and O–H groups in total. The summed E-state index contributed by atoms with van der Waals surface area (Å²) in [6.07, 6.45) is 0. The van der Waals surface area contributed by atoms with Crippen LogP contribution in [0, 0.1) is 13.8 Å². The van der Waals surface area contributed by atoms with E-state index < -0.39 is 5.91 Å². The highest BCUT2D eigenvalue weighted by molar-refractivity contribution is 7.80. The molecule has 7 heteroatoms. The van der Waals surface area contributed by atoms with E-state index in [0.717, 1.165) is 5.56 Å². The zero-order chi connectivity index (χ0) is 17.1. The SMILES string of the molecule is Cc1cc(C)c(O)c(NC(=S)NC(=O)c2ccc(Cl)cc2Cl)c1. The average molecular weight is 369 g/mol. The molecule has 0 aromatic heterocycles. The number of hydrogen-bond acceptors (Lipinski definition) is 3. The van der Waals surface area contributed by atoms with Gasteiger partial charge < -0.3 is 10.4 Å². The standard InChI is InChI=1S/C16H14Cl2N2O2S/c1-8-5-9(2)14(21)13(6-8)19-16(23)20-15(22)11-4-3-10(17)7-12(11)18/h3-7,21H,1-2H3,(H2,19,20,22,23). The van der Waals surface area contributed by atoms with Crippen molar-refractivity contribution < 1.29 is 9.90 Å². The third kappa shape index (κ3) is 4.34. The quantitative estimate of drug-likeness (QED) is 0.541. The molecule has 2 rings (SSSR count).